The van der Waals surface area contributed by atoms with Crippen LogP contribution in [0.3, 0.4) is 0 Å². The normalized spacial score (nSPS) is 28.0. The zero-order valence-electron chi connectivity index (χ0n) is 11.5. The number of halogens is 1. The summed E-state index contributed by atoms with van der Waals surface area (Å²) in [5.74, 6) is 0.644. The molecule has 2 saturated heterocycles. The van der Waals surface area contributed by atoms with E-state index in [1.807, 2.05) is 6.07 Å². The van der Waals surface area contributed by atoms with E-state index in [1.54, 1.807) is 12.3 Å². The van der Waals surface area contributed by atoms with Crippen LogP contribution in [-0.4, -0.2) is 41.5 Å². The van der Waals surface area contributed by atoms with Gasteiger partial charge in [-0.2, -0.15) is 0 Å². The summed E-state index contributed by atoms with van der Waals surface area (Å²) >= 11 is 3.29. The van der Waals surface area contributed by atoms with E-state index in [4.69, 9.17) is 4.42 Å². The second kappa shape index (κ2) is 5.10. The molecule has 21 heavy (non-hydrogen) atoms. The number of aromatic nitrogens is 1. The van der Waals surface area contributed by atoms with Crippen LogP contribution in [0.15, 0.2) is 27.4 Å². The maximum atomic E-state index is 12.4. The summed E-state index contributed by atoms with van der Waals surface area (Å²) in [5, 5.41) is 4.01. The molecule has 1 amide bonds. The summed E-state index contributed by atoms with van der Waals surface area (Å²) in [5.41, 5.74) is 1.13. The molecule has 5 nitrogen and oxygen atoms in total. The largest absolute Gasteiger partial charge is 0.448 e. The van der Waals surface area contributed by atoms with Crippen molar-refractivity contribution in [2.24, 2.45) is 5.92 Å². The van der Waals surface area contributed by atoms with Gasteiger partial charge in [0.25, 0.3) is 5.91 Å². The van der Waals surface area contributed by atoms with Gasteiger partial charge in [-0.25, -0.2) is 4.98 Å². The first-order chi connectivity index (χ1) is 10.2. The van der Waals surface area contributed by atoms with Crippen molar-refractivity contribution in [3.8, 4) is 0 Å². The lowest BCUT2D eigenvalue weighted by Gasteiger charge is -2.30. The van der Waals surface area contributed by atoms with Crippen LogP contribution in [0.5, 0.6) is 0 Å². The van der Waals surface area contributed by atoms with Gasteiger partial charge in [-0.1, -0.05) is 0 Å². The predicted molar refractivity (Wildman–Crippen MR) is 82.1 cm³/mol. The highest BCUT2D eigenvalue weighted by Crippen LogP contribution is 2.27. The number of pyridine rings is 1. The standard InChI is InChI=1S/C15H16BrN3O2/c16-14-5-10-4-12(17-6-13(10)21-14)15(20)18-11-3-9-1-2-19(7-9)8-11/h4-6,9,11H,1-3,7-8H2,(H,18,20). The summed E-state index contributed by atoms with van der Waals surface area (Å²) in [4.78, 5) is 19.0. The monoisotopic (exact) mass is 349 g/mol. The first-order valence-corrected chi connectivity index (χ1v) is 8.05. The fourth-order valence-corrected chi connectivity index (χ4v) is 3.88. The lowest BCUT2D eigenvalue weighted by molar-refractivity contribution is 0.0904. The van der Waals surface area contributed by atoms with Crippen LogP contribution in [0.4, 0.5) is 0 Å². The predicted octanol–water partition coefficient (Wildman–Crippen LogP) is 2.41. The third-order valence-corrected chi connectivity index (χ3v) is 4.80. The third kappa shape index (κ3) is 2.58. The van der Waals surface area contributed by atoms with Crippen LogP contribution in [0.2, 0.25) is 0 Å². The molecule has 0 saturated carbocycles. The van der Waals surface area contributed by atoms with E-state index in [-0.39, 0.29) is 11.9 Å². The van der Waals surface area contributed by atoms with E-state index in [0.29, 0.717) is 15.9 Å². The molecule has 2 bridgehead atoms. The number of rotatable bonds is 2. The van der Waals surface area contributed by atoms with E-state index < -0.39 is 0 Å². The summed E-state index contributed by atoms with van der Waals surface area (Å²) < 4.78 is 6.05. The topological polar surface area (TPSA) is 58.4 Å². The van der Waals surface area contributed by atoms with Crippen LogP contribution in [0.1, 0.15) is 23.3 Å². The number of amides is 1. The average molecular weight is 350 g/mol. The van der Waals surface area contributed by atoms with Crippen molar-refractivity contribution in [3.63, 3.8) is 0 Å². The highest BCUT2D eigenvalue weighted by molar-refractivity contribution is 9.10. The molecule has 2 aromatic rings. The van der Waals surface area contributed by atoms with Crippen molar-refractivity contribution in [2.75, 3.05) is 19.6 Å². The molecular weight excluding hydrogens is 334 g/mol. The lowest BCUT2D eigenvalue weighted by Crippen LogP contribution is -2.47. The number of carbonyl (C=O) groups is 1. The maximum Gasteiger partial charge on any atom is 0.270 e. The first kappa shape index (κ1) is 13.3. The Morgan fingerprint density at radius 1 is 1.43 bits per heavy atom. The van der Waals surface area contributed by atoms with Crippen molar-refractivity contribution in [1.82, 2.24) is 15.2 Å². The summed E-state index contributed by atoms with van der Waals surface area (Å²) in [7, 11) is 0. The fourth-order valence-electron chi connectivity index (χ4n) is 3.46. The van der Waals surface area contributed by atoms with Gasteiger partial charge in [0.1, 0.15) is 5.69 Å². The number of furan rings is 1. The van der Waals surface area contributed by atoms with Crippen LogP contribution in [0, 0.1) is 5.92 Å². The van der Waals surface area contributed by atoms with Gasteiger partial charge in [0, 0.05) is 24.5 Å². The molecule has 1 N–H and O–H groups in total. The van der Waals surface area contributed by atoms with Gasteiger partial charge in [-0.15, -0.1) is 0 Å². The molecule has 2 aliphatic heterocycles. The average Bonchev–Trinajstić information content (AvgIpc) is 2.99. The third-order valence-electron chi connectivity index (χ3n) is 4.41. The Balaban J connectivity index is 1.50. The molecule has 2 aliphatic rings. The maximum absolute atomic E-state index is 12.4. The number of piperidine rings is 1. The molecule has 6 heteroatoms. The Kier molecular flexibility index (Phi) is 3.23. The van der Waals surface area contributed by atoms with Crippen LogP contribution in [-0.2, 0) is 0 Å². The van der Waals surface area contributed by atoms with Crippen molar-refractivity contribution in [3.05, 3.63) is 28.7 Å². The number of nitrogens with zero attached hydrogens (tertiary/aromatic N) is 2. The molecule has 4 heterocycles. The Labute approximate surface area is 130 Å². The lowest BCUT2D eigenvalue weighted by atomic mass is 9.97. The molecule has 0 radical (unpaired) electrons. The van der Waals surface area contributed by atoms with E-state index >= 15 is 0 Å². The second-order valence-corrected chi connectivity index (χ2v) is 6.76. The molecule has 2 fully saturated rings. The Bertz CT molecular complexity index is 687. The van der Waals surface area contributed by atoms with Gasteiger partial charge in [-0.05, 0) is 53.4 Å². The molecule has 3 atom stereocenters. The summed E-state index contributed by atoms with van der Waals surface area (Å²) in [6.45, 7) is 3.33. The first-order valence-electron chi connectivity index (χ1n) is 7.26. The Morgan fingerprint density at radius 2 is 2.33 bits per heavy atom. The Hall–Kier alpha value is -1.40. The van der Waals surface area contributed by atoms with Crippen molar-refractivity contribution in [1.29, 1.82) is 0 Å². The second-order valence-electron chi connectivity index (χ2n) is 5.98. The van der Waals surface area contributed by atoms with Crippen LogP contribution in [0.25, 0.3) is 11.0 Å². The van der Waals surface area contributed by atoms with Crippen LogP contribution >= 0.6 is 15.9 Å². The number of hydrogen-bond donors (Lipinski definition) is 1. The zero-order valence-corrected chi connectivity index (χ0v) is 13.1. The van der Waals surface area contributed by atoms with Gasteiger partial charge < -0.3 is 14.6 Å². The van der Waals surface area contributed by atoms with Gasteiger partial charge in [0.2, 0.25) is 0 Å². The summed E-state index contributed by atoms with van der Waals surface area (Å²) in [6.07, 6.45) is 3.95. The minimum Gasteiger partial charge on any atom is -0.448 e. The minimum atomic E-state index is -0.0956. The number of nitrogens with one attached hydrogen (secondary N) is 1. The quantitative estimate of drug-likeness (QED) is 0.904. The van der Waals surface area contributed by atoms with Gasteiger partial charge in [0.15, 0.2) is 10.3 Å². The number of hydrogen-bond acceptors (Lipinski definition) is 4. The van der Waals surface area contributed by atoms with Gasteiger partial charge in [-0.3, -0.25) is 4.79 Å². The zero-order chi connectivity index (χ0) is 14.4. The fraction of sp³-hybridized carbons (Fsp3) is 0.467. The van der Waals surface area contributed by atoms with Crippen LogP contribution < -0.4 is 5.32 Å². The Morgan fingerprint density at radius 3 is 3.19 bits per heavy atom. The summed E-state index contributed by atoms with van der Waals surface area (Å²) in [6, 6.07) is 3.86. The molecule has 0 aromatic carbocycles. The molecule has 3 unspecified atom stereocenters. The highest BCUT2D eigenvalue weighted by atomic mass is 79.9. The highest BCUT2D eigenvalue weighted by Gasteiger charge is 2.33. The molecular formula is C15H16BrN3O2. The van der Waals surface area contributed by atoms with E-state index in [1.165, 1.54) is 19.5 Å². The molecule has 0 aliphatic carbocycles. The van der Waals surface area contributed by atoms with Crippen molar-refractivity contribution in [2.45, 2.75) is 18.9 Å². The molecule has 2 aromatic heterocycles. The SMILES string of the molecule is O=C(NC1CC2CCN(C2)C1)c1cc2cc(Br)oc2cn1. The molecule has 0 spiro atoms. The van der Waals surface area contributed by atoms with E-state index in [0.717, 1.165) is 24.3 Å². The number of fused-ring (bicyclic) bond motifs is 3. The molecule has 4 rings (SSSR count). The van der Waals surface area contributed by atoms with Crippen molar-refractivity contribution >= 4 is 32.8 Å². The number of carbonyl (C=O) groups excluding carboxylic acids is 1. The van der Waals surface area contributed by atoms with Gasteiger partial charge in [0.05, 0.1) is 6.20 Å². The molecule has 110 valence electrons. The van der Waals surface area contributed by atoms with E-state index in [2.05, 4.69) is 31.1 Å². The smallest absolute Gasteiger partial charge is 0.270 e. The van der Waals surface area contributed by atoms with Crippen molar-refractivity contribution < 1.29 is 9.21 Å². The minimum absolute atomic E-state index is 0.0956. The van der Waals surface area contributed by atoms with Gasteiger partial charge >= 0.3 is 0 Å². The van der Waals surface area contributed by atoms with E-state index in [9.17, 15) is 4.79 Å².